The van der Waals surface area contributed by atoms with Crippen molar-refractivity contribution in [2.75, 3.05) is 6.54 Å². The van der Waals surface area contributed by atoms with Crippen LogP contribution in [0.15, 0.2) is 12.1 Å². The van der Waals surface area contributed by atoms with E-state index in [-0.39, 0.29) is 0 Å². The van der Waals surface area contributed by atoms with Gasteiger partial charge >= 0.3 is 0 Å². The summed E-state index contributed by atoms with van der Waals surface area (Å²) in [5, 5.41) is 3.52. The zero-order valence-electron chi connectivity index (χ0n) is 7.47. The van der Waals surface area contributed by atoms with Crippen molar-refractivity contribution in [2.45, 2.75) is 32.2 Å². The van der Waals surface area contributed by atoms with Crippen molar-refractivity contribution in [3.63, 3.8) is 0 Å². The number of hydrogen-bond donors (Lipinski definition) is 1. The SMILES string of the molecule is Cc1ccc(CC2CCCN2)s1. The van der Waals surface area contributed by atoms with Crippen LogP contribution in [0.1, 0.15) is 22.6 Å². The Morgan fingerprint density at radius 3 is 3.08 bits per heavy atom. The molecule has 1 atom stereocenters. The molecule has 0 saturated carbocycles. The van der Waals surface area contributed by atoms with Crippen LogP contribution in [0, 0.1) is 6.92 Å². The topological polar surface area (TPSA) is 12.0 Å². The standard InChI is InChI=1S/C10H15NS/c1-8-4-5-10(12-8)7-9-3-2-6-11-9/h4-5,9,11H,2-3,6-7H2,1H3. The molecule has 12 heavy (non-hydrogen) atoms. The molecule has 0 amide bonds. The highest BCUT2D eigenvalue weighted by atomic mass is 32.1. The molecule has 66 valence electrons. The van der Waals surface area contributed by atoms with E-state index in [0.717, 1.165) is 6.04 Å². The zero-order chi connectivity index (χ0) is 8.39. The molecule has 1 N–H and O–H groups in total. The second-order valence-corrected chi connectivity index (χ2v) is 4.88. The van der Waals surface area contributed by atoms with Gasteiger partial charge in [0.05, 0.1) is 0 Å². The van der Waals surface area contributed by atoms with Crippen LogP contribution < -0.4 is 5.32 Å². The molecule has 2 heterocycles. The third-order valence-electron chi connectivity index (χ3n) is 2.41. The molecule has 1 aromatic heterocycles. The van der Waals surface area contributed by atoms with E-state index in [9.17, 15) is 0 Å². The van der Waals surface area contributed by atoms with Crippen LogP contribution in [-0.4, -0.2) is 12.6 Å². The van der Waals surface area contributed by atoms with Gasteiger partial charge in [0.2, 0.25) is 0 Å². The normalized spacial score (nSPS) is 23.2. The van der Waals surface area contributed by atoms with Crippen LogP contribution in [0.4, 0.5) is 0 Å². The van der Waals surface area contributed by atoms with Gasteiger partial charge in [-0.25, -0.2) is 0 Å². The summed E-state index contributed by atoms with van der Waals surface area (Å²) in [5.74, 6) is 0. The molecule has 1 aliphatic heterocycles. The number of aryl methyl sites for hydroxylation is 1. The summed E-state index contributed by atoms with van der Waals surface area (Å²) >= 11 is 1.93. The van der Waals surface area contributed by atoms with E-state index in [1.165, 1.54) is 35.6 Å². The van der Waals surface area contributed by atoms with Gasteiger partial charge in [-0.1, -0.05) is 0 Å². The highest BCUT2D eigenvalue weighted by Crippen LogP contribution is 2.19. The molecule has 1 aliphatic rings. The molecular weight excluding hydrogens is 166 g/mol. The van der Waals surface area contributed by atoms with Crippen molar-refractivity contribution in [1.29, 1.82) is 0 Å². The molecule has 0 radical (unpaired) electrons. The van der Waals surface area contributed by atoms with Crippen LogP contribution in [-0.2, 0) is 6.42 Å². The molecule has 1 unspecified atom stereocenters. The Balaban J connectivity index is 1.94. The Morgan fingerprint density at radius 1 is 1.58 bits per heavy atom. The molecule has 0 spiro atoms. The Bertz CT molecular complexity index is 248. The summed E-state index contributed by atoms with van der Waals surface area (Å²) < 4.78 is 0. The quantitative estimate of drug-likeness (QED) is 0.738. The van der Waals surface area contributed by atoms with Gasteiger partial charge in [0.1, 0.15) is 0 Å². The summed E-state index contributed by atoms with van der Waals surface area (Å²) in [6.07, 6.45) is 3.95. The predicted molar refractivity (Wildman–Crippen MR) is 53.8 cm³/mol. The summed E-state index contributed by atoms with van der Waals surface area (Å²) in [4.78, 5) is 2.97. The molecule has 1 nitrogen and oxygen atoms in total. The molecule has 0 aliphatic carbocycles. The smallest absolute Gasteiger partial charge is 0.0116 e. The lowest BCUT2D eigenvalue weighted by Crippen LogP contribution is -2.23. The maximum atomic E-state index is 3.52. The minimum Gasteiger partial charge on any atom is -0.314 e. The first kappa shape index (κ1) is 8.27. The Morgan fingerprint density at radius 2 is 2.50 bits per heavy atom. The Labute approximate surface area is 77.8 Å². The van der Waals surface area contributed by atoms with E-state index in [1.54, 1.807) is 0 Å². The van der Waals surface area contributed by atoms with Gasteiger partial charge in [-0.15, -0.1) is 11.3 Å². The van der Waals surface area contributed by atoms with E-state index in [1.807, 2.05) is 11.3 Å². The molecule has 0 aromatic carbocycles. The molecule has 1 saturated heterocycles. The zero-order valence-corrected chi connectivity index (χ0v) is 8.29. The van der Waals surface area contributed by atoms with E-state index >= 15 is 0 Å². The number of nitrogens with one attached hydrogen (secondary N) is 1. The van der Waals surface area contributed by atoms with Gasteiger partial charge < -0.3 is 5.32 Å². The maximum absolute atomic E-state index is 3.52. The van der Waals surface area contributed by atoms with Crippen LogP contribution in [0.5, 0.6) is 0 Å². The average molecular weight is 181 g/mol. The number of rotatable bonds is 2. The van der Waals surface area contributed by atoms with Crippen LogP contribution in [0.25, 0.3) is 0 Å². The van der Waals surface area contributed by atoms with Crippen molar-refractivity contribution >= 4 is 11.3 Å². The number of hydrogen-bond acceptors (Lipinski definition) is 2. The minimum atomic E-state index is 0.753. The highest BCUT2D eigenvalue weighted by Gasteiger charge is 2.14. The number of thiophene rings is 1. The van der Waals surface area contributed by atoms with E-state index in [0.29, 0.717) is 0 Å². The minimum absolute atomic E-state index is 0.753. The lowest BCUT2D eigenvalue weighted by molar-refractivity contribution is 0.608. The van der Waals surface area contributed by atoms with Crippen molar-refractivity contribution in [3.05, 3.63) is 21.9 Å². The second-order valence-electron chi connectivity index (χ2n) is 3.51. The fourth-order valence-corrected chi connectivity index (χ4v) is 2.74. The highest BCUT2D eigenvalue weighted by molar-refractivity contribution is 7.11. The first-order valence-electron chi connectivity index (χ1n) is 4.63. The molecule has 2 heteroatoms. The third kappa shape index (κ3) is 1.87. The van der Waals surface area contributed by atoms with Crippen LogP contribution >= 0.6 is 11.3 Å². The fraction of sp³-hybridized carbons (Fsp3) is 0.600. The summed E-state index contributed by atoms with van der Waals surface area (Å²) in [7, 11) is 0. The van der Waals surface area contributed by atoms with E-state index in [2.05, 4.69) is 24.4 Å². The van der Waals surface area contributed by atoms with Gasteiger partial charge in [-0.3, -0.25) is 0 Å². The first-order valence-corrected chi connectivity index (χ1v) is 5.45. The predicted octanol–water partition coefficient (Wildman–Crippen LogP) is 2.35. The maximum Gasteiger partial charge on any atom is 0.0116 e. The molecule has 2 rings (SSSR count). The summed E-state index contributed by atoms with van der Waals surface area (Å²) in [6.45, 7) is 3.39. The molecular formula is C10H15NS. The monoisotopic (exact) mass is 181 g/mol. The van der Waals surface area contributed by atoms with E-state index < -0.39 is 0 Å². The average Bonchev–Trinajstić information content (AvgIpc) is 2.63. The Kier molecular flexibility index (Phi) is 2.47. The van der Waals surface area contributed by atoms with E-state index in [4.69, 9.17) is 0 Å². The van der Waals surface area contributed by atoms with Gasteiger partial charge in [0, 0.05) is 15.8 Å². The van der Waals surface area contributed by atoms with Crippen LogP contribution in [0.3, 0.4) is 0 Å². The first-order chi connectivity index (χ1) is 5.84. The van der Waals surface area contributed by atoms with Crippen molar-refractivity contribution in [2.24, 2.45) is 0 Å². The lowest BCUT2D eigenvalue weighted by Gasteiger charge is -2.06. The summed E-state index contributed by atoms with van der Waals surface area (Å²) in [6, 6.07) is 5.23. The molecule has 1 aromatic rings. The second kappa shape index (κ2) is 3.58. The summed E-state index contributed by atoms with van der Waals surface area (Å²) in [5.41, 5.74) is 0. The molecule has 0 bridgehead atoms. The van der Waals surface area contributed by atoms with Gasteiger partial charge in [0.25, 0.3) is 0 Å². The Hall–Kier alpha value is -0.340. The molecule has 1 fully saturated rings. The lowest BCUT2D eigenvalue weighted by atomic mass is 10.1. The fourth-order valence-electron chi connectivity index (χ4n) is 1.77. The largest absolute Gasteiger partial charge is 0.314 e. The van der Waals surface area contributed by atoms with Gasteiger partial charge in [-0.2, -0.15) is 0 Å². The van der Waals surface area contributed by atoms with Crippen molar-refractivity contribution < 1.29 is 0 Å². The third-order valence-corrected chi connectivity index (χ3v) is 3.43. The van der Waals surface area contributed by atoms with Crippen molar-refractivity contribution in [1.82, 2.24) is 5.32 Å². The van der Waals surface area contributed by atoms with Crippen LogP contribution in [0.2, 0.25) is 0 Å². The van der Waals surface area contributed by atoms with Crippen molar-refractivity contribution in [3.8, 4) is 0 Å². The van der Waals surface area contributed by atoms with Gasteiger partial charge in [-0.05, 0) is 44.9 Å². The van der Waals surface area contributed by atoms with Gasteiger partial charge in [0.15, 0.2) is 0 Å².